The molecule has 20 heavy (non-hydrogen) atoms. The highest BCUT2D eigenvalue weighted by atomic mass is 16.4. The lowest BCUT2D eigenvalue weighted by molar-refractivity contribution is 0.222. The Kier molecular flexibility index (Phi) is 4.11. The smallest absolute Gasteiger partial charge is 0.190 e. The van der Waals surface area contributed by atoms with Crippen LogP contribution in [0.4, 0.5) is 5.82 Å². The molecule has 110 valence electrons. The summed E-state index contributed by atoms with van der Waals surface area (Å²) in [5, 5.41) is 11.5. The molecule has 0 amide bonds. The van der Waals surface area contributed by atoms with Crippen molar-refractivity contribution in [1.29, 1.82) is 0 Å². The Morgan fingerprint density at radius 2 is 2.00 bits per heavy atom. The summed E-state index contributed by atoms with van der Waals surface area (Å²) in [5.41, 5.74) is 6.32. The van der Waals surface area contributed by atoms with Gasteiger partial charge in [-0.05, 0) is 31.1 Å². The van der Waals surface area contributed by atoms with Gasteiger partial charge in [0.15, 0.2) is 5.84 Å². The summed E-state index contributed by atoms with van der Waals surface area (Å²) in [6, 6.07) is 0.507. The van der Waals surface area contributed by atoms with Crippen LogP contribution in [-0.4, -0.2) is 34.1 Å². The first-order valence-electron chi connectivity index (χ1n) is 6.96. The molecule has 0 spiro atoms. The van der Waals surface area contributed by atoms with Crippen molar-refractivity contribution in [3.05, 3.63) is 18.1 Å². The Balaban J connectivity index is 2.04. The predicted octanol–water partition coefficient (Wildman–Crippen LogP) is 1.98. The Morgan fingerprint density at radius 3 is 2.50 bits per heavy atom. The number of hydrogen-bond acceptors (Lipinski definition) is 5. The van der Waals surface area contributed by atoms with Crippen molar-refractivity contribution in [2.45, 2.75) is 45.6 Å². The molecular weight excluding hydrogens is 254 g/mol. The van der Waals surface area contributed by atoms with Crippen LogP contribution in [0, 0.1) is 5.41 Å². The fraction of sp³-hybridized carbons (Fsp3) is 0.643. The molecule has 1 aromatic heterocycles. The number of nitrogens with zero attached hydrogens (tertiary/aromatic N) is 4. The van der Waals surface area contributed by atoms with Gasteiger partial charge in [-0.2, -0.15) is 0 Å². The Labute approximate surface area is 119 Å². The zero-order chi connectivity index (χ0) is 14.8. The molecular formula is C14H23N5O. The lowest BCUT2D eigenvalue weighted by Gasteiger charge is -2.39. The first-order chi connectivity index (χ1) is 9.43. The number of aromatic nitrogens is 2. The van der Waals surface area contributed by atoms with Crippen LogP contribution in [0.5, 0.6) is 0 Å². The van der Waals surface area contributed by atoms with E-state index in [0.717, 1.165) is 5.82 Å². The summed E-state index contributed by atoms with van der Waals surface area (Å²) in [5.74, 6) is 0.801. The van der Waals surface area contributed by atoms with Crippen LogP contribution in [0.3, 0.4) is 0 Å². The van der Waals surface area contributed by atoms with E-state index in [9.17, 15) is 0 Å². The summed E-state index contributed by atoms with van der Waals surface area (Å²) in [7, 11) is 2.05. The molecule has 0 saturated heterocycles. The fourth-order valence-electron chi connectivity index (χ4n) is 2.65. The maximum absolute atomic E-state index is 8.60. The Hall–Kier alpha value is -1.85. The average Bonchev–Trinajstić information content (AvgIpc) is 2.46. The van der Waals surface area contributed by atoms with Gasteiger partial charge in [0, 0.05) is 13.1 Å². The minimum atomic E-state index is -0.0221. The van der Waals surface area contributed by atoms with Crippen LogP contribution >= 0.6 is 0 Å². The molecule has 0 atom stereocenters. The lowest BCUT2D eigenvalue weighted by Crippen LogP contribution is -2.37. The fourth-order valence-corrected chi connectivity index (χ4v) is 2.65. The van der Waals surface area contributed by atoms with E-state index >= 15 is 0 Å². The number of rotatable bonds is 3. The molecule has 0 unspecified atom stereocenters. The molecule has 2 rings (SSSR count). The van der Waals surface area contributed by atoms with E-state index in [1.807, 2.05) is 0 Å². The van der Waals surface area contributed by atoms with Gasteiger partial charge >= 0.3 is 0 Å². The van der Waals surface area contributed by atoms with Gasteiger partial charge in [0.25, 0.3) is 0 Å². The van der Waals surface area contributed by atoms with Gasteiger partial charge in [0.2, 0.25) is 0 Å². The molecule has 6 nitrogen and oxygen atoms in total. The molecule has 0 bridgehead atoms. The van der Waals surface area contributed by atoms with E-state index in [1.54, 1.807) is 6.20 Å². The van der Waals surface area contributed by atoms with Gasteiger partial charge in [-0.1, -0.05) is 19.0 Å². The Bertz CT molecular complexity index is 473. The molecule has 0 radical (unpaired) electrons. The van der Waals surface area contributed by atoms with Crippen LogP contribution in [-0.2, 0) is 0 Å². The zero-order valence-corrected chi connectivity index (χ0v) is 12.4. The monoisotopic (exact) mass is 277 g/mol. The van der Waals surface area contributed by atoms with Crippen LogP contribution in [0.25, 0.3) is 0 Å². The standard InChI is InChI=1S/C14H23N5O/c1-14(2)6-4-10(5-7-14)19(3)12-9-16-11(8-17-12)13(15)18-20/h8-10,20H,4-7H2,1-3H3,(H2,15,18). The summed E-state index contributed by atoms with van der Waals surface area (Å²) in [6.45, 7) is 4.66. The summed E-state index contributed by atoms with van der Waals surface area (Å²) in [6.07, 6.45) is 8.02. The van der Waals surface area contributed by atoms with Gasteiger partial charge in [-0.3, -0.25) is 0 Å². The van der Waals surface area contributed by atoms with Crippen molar-refractivity contribution in [2.75, 3.05) is 11.9 Å². The van der Waals surface area contributed by atoms with Crippen LogP contribution in [0.1, 0.15) is 45.2 Å². The highest BCUT2D eigenvalue weighted by Crippen LogP contribution is 2.37. The topological polar surface area (TPSA) is 87.6 Å². The summed E-state index contributed by atoms with van der Waals surface area (Å²) < 4.78 is 0. The molecule has 1 aliphatic carbocycles. The molecule has 3 N–H and O–H groups in total. The van der Waals surface area contributed by atoms with E-state index < -0.39 is 0 Å². The average molecular weight is 277 g/mol. The highest BCUT2D eigenvalue weighted by molar-refractivity contribution is 5.94. The predicted molar refractivity (Wildman–Crippen MR) is 79.0 cm³/mol. The normalized spacial score (nSPS) is 19.9. The van der Waals surface area contributed by atoms with Crippen molar-refractivity contribution in [3.63, 3.8) is 0 Å². The highest BCUT2D eigenvalue weighted by Gasteiger charge is 2.29. The molecule has 1 aliphatic rings. The molecule has 0 aliphatic heterocycles. The zero-order valence-electron chi connectivity index (χ0n) is 12.4. The van der Waals surface area contributed by atoms with Gasteiger partial charge in [-0.15, -0.1) is 0 Å². The van der Waals surface area contributed by atoms with E-state index in [-0.39, 0.29) is 5.84 Å². The number of nitrogens with two attached hydrogens (primary N) is 1. The number of hydrogen-bond donors (Lipinski definition) is 2. The largest absolute Gasteiger partial charge is 0.409 e. The summed E-state index contributed by atoms with van der Waals surface area (Å²) in [4.78, 5) is 10.7. The molecule has 0 aromatic carbocycles. The second kappa shape index (κ2) is 5.64. The SMILES string of the molecule is CN(c1cnc(C(N)=NO)cn1)C1CCC(C)(C)CC1. The third-order valence-corrected chi connectivity index (χ3v) is 4.23. The van der Waals surface area contributed by atoms with Crippen molar-refractivity contribution in [1.82, 2.24) is 9.97 Å². The van der Waals surface area contributed by atoms with Crippen LogP contribution in [0.15, 0.2) is 17.5 Å². The van der Waals surface area contributed by atoms with E-state index in [2.05, 4.69) is 40.9 Å². The third-order valence-electron chi connectivity index (χ3n) is 4.23. The molecule has 1 fully saturated rings. The number of amidine groups is 1. The lowest BCUT2D eigenvalue weighted by atomic mass is 9.75. The molecule has 1 saturated carbocycles. The second-order valence-corrected chi connectivity index (χ2v) is 6.25. The molecule has 6 heteroatoms. The Morgan fingerprint density at radius 1 is 1.35 bits per heavy atom. The second-order valence-electron chi connectivity index (χ2n) is 6.25. The maximum atomic E-state index is 8.60. The van der Waals surface area contributed by atoms with E-state index in [4.69, 9.17) is 10.9 Å². The van der Waals surface area contributed by atoms with Crippen molar-refractivity contribution in [3.8, 4) is 0 Å². The van der Waals surface area contributed by atoms with Gasteiger partial charge in [-0.25, -0.2) is 9.97 Å². The van der Waals surface area contributed by atoms with Gasteiger partial charge < -0.3 is 15.8 Å². The maximum Gasteiger partial charge on any atom is 0.190 e. The van der Waals surface area contributed by atoms with Crippen molar-refractivity contribution in [2.24, 2.45) is 16.3 Å². The van der Waals surface area contributed by atoms with Crippen LogP contribution in [0.2, 0.25) is 0 Å². The molecule has 1 aromatic rings. The molecule has 1 heterocycles. The van der Waals surface area contributed by atoms with Crippen LogP contribution < -0.4 is 10.6 Å². The minimum absolute atomic E-state index is 0.0221. The van der Waals surface area contributed by atoms with Crippen molar-refractivity contribution < 1.29 is 5.21 Å². The van der Waals surface area contributed by atoms with E-state index in [0.29, 0.717) is 17.2 Å². The van der Waals surface area contributed by atoms with Gasteiger partial charge in [0.1, 0.15) is 11.5 Å². The van der Waals surface area contributed by atoms with Gasteiger partial charge in [0.05, 0.1) is 12.4 Å². The third kappa shape index (κ3) is 3.18. The number of oxime groups is 1. The quantitative estimate of drug-likeness (QED) is 0.382. The number of anilines is 1. The minimum Gasteiger partial charge on any atom is -0.409 e. The summed E-state index contributed by atoms with van der Waals surface area (Å²) >= 11 is 0. The van der Waals surface area contributed by atoms with Crippen molar-refractivity contribution >= 4 is 11.7 Å². The first kappa shape index (κ1) is 14.6. The van der Waals surface area contributed by atoms with E-state index in [1.165, 1.54) is 31.9 Å². The first-order valence-corrected chi connectivity index (χ1v) is 6.96.